The zero-order valence-electron chi connectivity index (χ0n) is 14.9. The third-order valence-electron chi connectivity index (χ3n) is 4.65. The first-order valence-electron chi connectivity index (χ1n) is 8.90. The molecule has 0 radical (unpaired) electrons. The van der Waals surface area contributed by atoms with Crippen LogP contribution in [0, 0.1) is 0 Å². The maximum atomic E-state index is 12.7. The molecule has 5 rings (SSSR count). The molecule has 136 valence electrons. The number of esters is 1. The Morgan fingerprint density at radius 1 is 1.04 bits per heavy atom. The van der Waals surface area contributed by atoms with E-state index in [0.29, 0.717) is 5.82 Å². The molecule has 6 heteroatoms. The number of benzene rings is 2. The van der Waals surface area contributed by atoms with E-state index in [1.54, 1.807) is 29.4 Å². The fraction of sp³-hybridized carbons (Fsp3) is 0.0455. The summed E-state index contributed by atoms with van der Waals surface area (Å²) in [6.45, 7) is 0.202. The first kappa shape index (κ1) is 16.3. The van der Waals surface area contributed by atoms with Gasteiger partial charge in [0.25, 0.3) is 0 Å². The number of pyridine rings is 1. The lowest BCUT2D eigenvalue weighted by atomic mass is 10.1. The van der Waals surface area contributed by atoms with Crippen LogP contribution in [-0.2, 0) is 11.3 Å². The zero-order chi connectivity index (χ0) is 18.9. The Hall–Kier alpha value is -3.93. The molecule has 0 amide bonds. The van der Waals surface area contributed by atoms with Gasteiger partial charge in [-0.15, -0.1) is 0 Å². The first-order valence-corrected chi connectivity index (χ1v) is 8.90. The van der Waals surface area contributed by atoms with E-state index in [0.717, 1.165) is 27.4 Å². The molecule has 0 unspecified atom stereocenters. The Labute approximate surface area is 160 Å². The number of nitrogens with zero attached hydrogens (tertiary/aromatic N) is 3. The normalized spacial score (nSPS) is 11.1. The van der Waals surface area contributed by atoms with Crippen LogP contribution in [0.15, 0.2) is 79.4 Å². The van der Waals surface area contributed by atoms with Crippen LogP contribution in [0.2, 0.25) is 0 Å². The third-order valence-corrected chi connectivity index (χ3v) is 4.65. The summed E-state index contributed by atoms with van der Waals surface area (Å²) in [6.07, 6.45) is 5.13. The number of H-pyrrole nitrogens is 1. The highest BCUT2D eigenvalue weighted by atomic mass is 16.5. The molecule has 1 N–H and O–H groups in total. The molecule has 0 aliphatic rings. The highest BCUT2D eigenvalue weighted by Crippen LogP contribution is 2.29. The van der Waals surface area contributed by atoms with E-state index in [1.807, 2.05) is 54.6 Å². The lowest BCUT2D eigenvalue weighted by molar-refractivity contribution is 0.0466. The number of hydrogen-bond donors (Lipinski definition) is 1. The molecule has 5 aromatic rings. The van der Waals surface area contributed by atoms with Crippen LogP contribution in [0.25, 0.3) is 27.6 Å². The van der Waals surface area contributed by atoms with E-state index in [9.17, 15) is 4.79 Å². The number of fused-ring (bicyclic) bond motifs is 3. The van der Waals surface area contributed by atoms with E-state index in [4.69, 9.17) is 4.74 Å². The van der Waals surface area contributed by atoms with Crippen LogP contribution >= 0.6 is 0 Å². The number of imidazole rings is 1. The summed E-state index contributed by atoms with van der Waals surface area (Å²) in [5.41, 5.74) is 3.02. The quantitative estimate of drug-likeness (QED) is 0.481. The van der Waals surface area contributed by atoms with Crippen molar-refractivity contribution in [3.63, 3.8) is 0 Å². The second-order valence-electron chi connectivity index (χ2n) is 6.46. The molecule has 0 spiro atoms. The highest BCUT2D eigenvalue weighted by Gasteiger charge is 2.17. The monoisotopic (exact) mass is 368 g/mol. The van der Waals surface area contributed by atoms with Crippen molar-refractivity contribution < 1.29 is 9.53 Å². The molecule has 0 saturated heterocycles. The number of aromatic nitrogens is 4. The number of ether oxygens (including phenoxy) is 1. The lowest BCUT2D eigenvalue weighted by Crippen LogP contribution is -2.10. The van der Waals surface area contributed by atoms with Gasteiger partial charge in [-0.3, -0.25) is 4.57 Å². The Morgan fingerprint density at radius 3 is 2.68 bits per heavy atom. The summed E-state index contributed by atoms with van der Waals surface area (Å²) < 4.78 is 7.27. The predicted molar refractivity (Wildman–Crippen MR) is 106 cm³/mol. The Balaban J connectivity index is 1.60. The van der Waals surface area contributed by atoms with E-state index in [1.165, 1.54) is 0 Å². The van der Waals surface area contributed by atoms with Crippen LogP contribution in [0.5, 0.6) is 0 Å². The molecule has 3 aromatic heterocycles. The van der Waals surface area contributed by atoms with Gasteiger partial charge in [0.2, 0.25) is 0 Å². The summed E-state index contributed by atoms with van der Waals surface area (Å²) in [6, 6.07) is 19.3. The molecule has 0 aliphatic carbocycles. The SMILES string of the molecule is O=C(OCc1ccccc1)c1cc2c([nH]c3ccccc32)c(-n2ccnc2)n1. The standard InChI is InChI=1S/C22H16N4O2/c27-22(28-13-15-6-2-1-3-7-15)19-12-17-16-8-4-5-9-18(16)24-20(17)21(25-19)26-11-10-23-14-26/h1-12,14,24H,13H2. The van der Waals surface area contributed by atoms with Gasteiger partial charge in [-0.05, 0) is 17.7 Å². The summed E-state index contributed by atoms with van der Waals surface area (Å²) in [5.74, 6) is 0.148. The maximum absolute atomic E-state index is 12.7. The van der Waals surface area contributed by atoms with E-state index in [-0.39, 0.29) is 12.3 Å². The summed E-state index contributed by atoms with van der Waals surface area (Å²) in [4.78, 5) is 24.8. The van der Waals surface area contributed by atoms with Crippen molar-refractivity contribution >= 4 is 27.8 Å². The summed E-state index contributed by atoms with van der Waals surface area (Å²) >= 11 is 0. The first-order chi connectivity index (χ1) is 13.8. The molecular weight excluding hydrogens is 352 g/mol. The van der Waals surface area contributed by atoms with Gasteiger partial charge in [0.1, 0.15) is 12.9 Å². The average molecular weight is 368 g/mol. The van der Waals surface area contributed by atoms with Gasteiger partial charge in [0, 0.05) is 28.7 Å². The molecule has 28 heavy (non-hydrogen) atoms. The molecule has 3 heterocycles. The van der Waals surface area contributed by atoms with Gasteiger partial charge < -0.3 is 9.72 Å². The summed E-state index contributed by atoms with van der Waals surface area (Å²) in [5, 5.41) is 1.94. The maximum Gasteiger partial charge on any atom is 0.357 e. The van der Waals surface area contributed by atoms with E-state index >= 15 is 0 Å². The number of nitrogens with one attached hydrogen (secondary N) is 1. The molecule has 0 aliphatic heterocycles. The van der Waals surface area contributed by atoms with Crippen molar-refractivity contribution in [3.05, 3.63) is 90.6 Å². The topological polar surface area (TPSA) is 72.8 Å². The molecule has 0 atom stereocenters. The molecule has 2 aromatic carbocycles. The fourth-order valence-corrected chi connectivity index (χ4v) is 3.30. The molecule has 0 bridgehead atoms. The van der Waals surface area contributed by atoms with Crippen LogP contribution in [0.1, 0.15) is 16.1 Å². The number of aromatic amines is 1. The van der Waals surface area contributed by atoms with Crippen LogP contribution < -0.4 is 0 Å². The number of para-hydroxylation sites is 1. The number of hydrogen-bond acceptors (Lipinski definition) is 4. The molecule has 0 saturated carbocycles. The highest BCUT2D eigenvalue weighted by molar-refractivity contribution is 6.11. The number of rotatable bonds is 4. The van der Waals surface area contributed by atoms with Crippen molar-refractivity contribution in [1.29, 1.82) is 0 Å². The Kier molecular flexibility index (Phi) is 3.87. The van der Waals surface area contributed by atoms with Gasteiger partial charge in [-0.1, -0.05) is 48.5 Å². The second kappa shape index (κ2) is 6.66. The largest absolute Gasteiger partial charge is 0.456 e. The van der Waals surface area contributed by atoms with Gasteiger partial charge in [-0.25, -0.2) is 14.8 Å². The molecule has 0 fully saturated rings. The minimum absolute atomic E-state index is 0.202. The van der Waals surface area contributed by atoms with Crippen molar-refractivity contribution in [3.8, 4) is 5.82 Å². The second-order valence-corrected chi connectivity index (χ2v) is 6.46. The van der Waals surface area contributed by atoms with Crippen LogP contribution in [0.4, 0.5) is 0 Å². The minimum Gasteiger partial charge on any atom is -0.456 e. The van der Waals surface area contributed by atoms with Crippen LogP contribution in [0.3, 0.4) is 0 Å². The third kappa shape index (κ3) is 2.81. The number of carbonyl (C=O) groups excluding carboxylic acids is 1. The van der Waals surface area contributed by atoms with Crippen molar-refractivity contribution in [2.45, 2.75) is 6.61 Å². The lowest BCUT2D eigenvalue weighted by Gasteiger charge is -2.08. The van der Waals surface area contributed by atoms with Crippen LogP contribution in [-0.4, -0.2) is 25.5 Å². The van der Waals surface area contributed by atoms with E-state index in [2.05, 4.69) is 15.0 Å². The van der Waals surface area contributed by atoms with E-state index < -0.39 is 5.97 Å². The predicted octanol–water partition coefficient (Wildman–Crippen LogP) is 4.26. The zero-order valence-corrected chi connectivity index (χ0v) is 14.9. The smallest absolute Gasteiger partial charge is 0.357 e. The summed E-state index contributed by atoms with van der Waals surface area (Å²) in [7, 11) is 0. The van der Waals surface area contributed by atoms with Gasteiger partial charge in [0.05, 0.1) is 5.52 Å². The van der Waals surface area contributed by atoms with Crippen molar-refractivity contribution in [2.75, 3.05) is 0 Å². The molecule has 6 nitrogen and oxygen atoms in total. The minimum atomic E-state index is -0.461. The van der Waals surface area contributed by atoms with Crippen molar-refractivity contribution in [2.24, 2.45) is 0 Å². The average Bonchev–Trinajstić information content (AvgIpc) is 3.40. The Morgan fingerprint density at radius 2 is 1.86 bits per heavy atom. The Bertz CT molecular complexity index is 1270. The fourth-order valence-electron chi connectivity index (χ4n) is 3.30. The number of carbonyl (C=O) groups is 1. The van der Waals surface area contributed by atoms with Gasteiger partial charge in [-0.2, -0.15) is 0 Å². The van der Waals surface area contributed by atoms with Crippen molar-refractivity contribution in [1.82, 2.24) is 19.5 Å². The van der Waals surface area contributed by atoms with Gasteiger partial charge in [0.15, 0.2) is 11.5 Å². The van der Waals surface area contributed by atoms with Gasteiger partial charge >= 0.3 is 5.97 Å². The molecular formula is C22H16N4O2.